The maximum atomic E-state index is 12.8. The summed E-state index contributed by atoms with van der Waals surface area (Å²) in [5, 5.41) is 0. The molecule has 0 spiro atoms. The summed E-state index contributed by atoms with van der Waals surface area (Å²) in [6.45, 7) is 6.48. The standard InChI is InChI=1S/C63H104O6/c1-4-7-10-13-16-19-22-25-28-30-31-33-36-39-42-45-48-51-54-57-63(66)69-60(58-67-61(64)55-52-49-46-43-40-37-34-27-24-21-18-15-12-9-6-3)59-68-62(65)56-53-50-47-44-41-38-35-32-29-26-23-20-17-14-11-8-5-2/h16-17,19-21,24-26,28-29,31,33,35,38-39,42,48,51,60H,4-15,18,22-23,27,30,32,34,36-37,40-41,43-47,49-50,52-59H2,1-3H3/b19-16-,20-17-,24-21-,28-25-,29-26-,33-31-,38-35-,42-39-,51-48-/t60-/m0/s1. The van der Waals surface area contributed by atoms with Gasteiger partial charge >= 0.3 is 17.9 Å². The van der Waals surface area contributed by atoms with Crippen LogP contribution in [-0.4, -0.2) is 37.2 Å². The molecular formula is C63H104O6. The first kappa shape index (κ1) is 65.1. The summed E-state index contributed by atoms with van der Waals surface area (Å²) < 4.78 is 16.8. The van der Waals surface area contributed by atoms with E-state index in [1.807, 2.05) is 6.08 Å². The topological polar surface area (TPSA) is 78.9 Å². The van der Waals surface area contributed by atoms with Crippen LogP contribution in [0.5, 0.6) is 0 Å². The van der Waals surface area contributed by atoms with Crippen molar-refractivity contribution in [1.29, 1.82) is 0 Å². The van der Waals surface area contributed by atoms with Crippen LogP contribution in [0, 0.1) is 0 Å². The van der Waals surface area contributed by atoms with Gasteiger partial charge in [0.05, 0.1) is 0 Å². The molecule has 0 fully saturated rings. The molecule has 0 N–H and O–H groups in total. The van der Waals surface area contributed by atoms with E-state index in [-0.39, 0.29) is 31.6 Å². The zero-order valence-corrected chi connectivity index (χ0v) is 44.8. The first-order valence-corrected chi connectivity index (χ1v) is 28.4. The maximum absolute atomic E-state index is 12.8. The third-order valence-electron chi connectivity index (χ3n) is 11.7. The second-order valence-corrected chi connectivity index (χ2v) is 18.5. The molecule has 6 nitrogen and oxygen atoms in total. The Labute approximate surface area is 425 Å². The molecule has 0 heterocycles. The van der Waals surface area contributed by atoms with E-state index in [2.05, 4.69) is 124 Å². The molecule has 1 atom stereocenters. The normalized spacial score (nSPS) is 12.9. The molecule has 0 aliphatic rings. The number of carbonyl (C=O) groups is 3. The smallest absolute Gasteiger partial charge is 0.306 e. The summed E-state index contributed by atoms with van der Waals surface area (Å²) >= 11 is 0. The predicted molar refractivity (Wildman–Crippen MR) is 297 cm³/mol. The number of unbranched alkanes of at least 4 members (excludes halogenated alkanes) is 21. The van der Waals surface area contributed by atoms with Gasteiger partial charge in [0.2, 0.25) is 0 Å². The van der Waals surface area contributed by atoms with Crippen molar-refractivity contribution in [2.24, 2.45) is 0 Å². The summed E-state index contributed by atoms with van der Waals surface area (Å²) in [6, 6.07) is 0. The van der Waals surface area contributed by atoms with E-state index in [4.69, 9.17) is 14.2 Å². The molecule has 0 aromatic rings. The van der Waals surface area contributed by atoms with Crippen LogP contribution in [-0.2, 0) is 28.6 Å². The largest absolute Gasteiger partial charge is 0.462 e. The molecule has 0 unspecified atom stereocenters. The van der Waals surface area contributed by atoms with Gasteiger partial charge < -0.3 is 14.2 Å². The first-order chi connectivity index (χ1) is 34.0. The number of hydrogen-bond donors (Lipinski definition) is 0. The molecule has 0 aliphatic carbocycles. The minimum Gasteiger partial charge on any atom is -0.462 e. The summed E-state index contributed by atoms with van der Waals surface area (Å²) in [5.74, 6) is -1.03. The zero-order chi connectivity index (χ0) is 50.0. The van der Waals surface area contributed by atoms with Crippen molar-refractivity contribution < 1.29 is 28.6 Å². The Bertz CT molecular complexity index is 1420. The fourth-order valence-corrected chi connectivity index (χ4v) is 7.43. The van der Waals surface area contributed by atoms with E-state index in [0.29, 0.717) is 19.3 Å². The molecule has 0 saturated heterocycles. The highest BCUT2D eigenvalue weighted by Crippen LogP contribution is 2.13. The highest BCUT2D eigenvalue weighted by molar-refractivity contribution is 5.71. The van der Waals surface area contributed by atoms with E-state index in [1.54, 1.807) is 0 Å². The number of esters is 3. The monoisotopic (exact) mass is 957 g/mol. The summed E-state index contributed by atoms with van der Waals surface area (Å²) in [7, 11) is 0. The Balaban J connectivity index is 4.56. The van der Waals surface area contributed by atoms with Crippen LogP contribution in [0.15, 0.2) is 109 Å². The van der Waals surface area contributed by atoms with Crippen molar-refractivity contribution in [2.45, 2.75) is 258 Å². The SMILES string of the molecule is CCCCC/C=C\C/C=C\C/C=C\C/C=C\C/C=C\CCC(=O)O[C@H](COC(=O)CCCCCC/C=C\C/C=C\C/C=C\CCCCC)COC(=O)CCCCCCCCC/C=C\CCCCCC. The minimum atomic E-state index is -0.831. The Morgan fingerprint density at radius 1 is 0.290 bits per heavy atom. The van der Waals surface area contributed by atoms with Gasteiger partial charge in [0.25, 0.3) is 0 Å². The van der Waals surface area contributed by atoms with E-state index < -0.39 is 12.1 Å². The number of allylic oxidation sites excluding steroid dienone is 18. The molecule has 0 aliphatic heterocycles. The number of rotatable bonds is 50. The van der Waals surface area contributed by atoms with Crippen molar-refractivity contribution in [2.75, 3.05) is 13.2 Å². The van der Waals surface area contributed by atoms with Crippen LogP contribution < -0.4 is 0 Å². The van der Waals surface area contributed by atoms with Crippen molar-refractivity contribution >= 4 is 17.9 Å². The average molecular weight is 958 g/mol. The maximum Gasteiger partial charge on any atom is 0.306 e. The molecular weight excluding hydrogens is 853 g/mol. The number of hydrogen-bond acceptors (Lipinski definition) is 6. The van der Waals surface area contributed by atoms with Crippen molar-refractivity contribution in [3.05, 3.63) is 109 Å². The van der Waals surface area contributed by atoms with E-state index in [9.17, 15) is 14.4 Å². The predicted octanol–water partition coefficient (Wildman–Crippen LogP) is 19.1. The Morgan fingerprint density at radius 2 is 0.551 bits per heavy atom. The summed E-state index contributed by atoms with van der Waals surface area (Å²) in [5.41, 5.74) is 0. The molecule has 0 rings (SSSR count). The highest BCUT2D eigenvalue weighted by atomic mass is 16.6. The number of carbonyl (C=O) groups excluding carboxylic acids is 3. The average Bonchev–Trinajstić information content (AvgIpc) is 3.35. The van der Waals surface area contributed by atoms with Gasteiger partial charge in [-0.2, -0.15) is 0 Å². The molecule has 0 saturated carbocycles. The molecule has 0 bridgehead atoms. The van der Waals surface area contributed by atoms with Gasteiger partial charge in [0, 0.05) is 19.3 Å². The van der Waals surface area contributed by atoms with Gasteiger partial charge in [-0.3, -0.25) is 14.4 Å². The first-order valence-electron chi connectivity index (χ1n) is 28.4. The van der Waals surface area contributed by atoms with Crippen LogP contribution in [0.2, 0.25) is 0 Å². The molecule has 0 aromatic carbocycles. The molecule has 0 aromatic heterocycles. The van der Waals surface area contributed by atoms with Gasteiger partial charge in [-0.05, 0) is 122 Å². The third-order valence-corrected chi connectivity index (χ3v) is 11.7. The van der Waals surface area contributed by atoms with Crippen molar-refractivity contribution in [3.63, 3.8) is 0 Å². The highest BCUT2D eigenvalue weighted by Gasteiger charge is 2.19. The van der Waals surface area contributed by atoms with E-state index >= 15 is 0 Å². The van der Waals surface area contributed by atoms with Crippen molar-refractivity contribution in [1.82, 2.24) is 0 Å². The zero-order valence-electron chi connectivity index (χ0n) is 44.8. The summed E-state index contributed by atoms with van der Waals surface area (Å²) in [6.07, 6.45) is 76.5. The van der Waals surface area contributed by atoms with Crippen LogP contribution in [0.4, 0.5) is 0 Å². The van der Waals surface area contributed by atoms with Crippen molar-refractivity contribution in [3.8, 4) is 0 Å². The van der Waals surface area contributed by atoms with Crippen LogP contribution >= 0.6 is 0 Å². The second kappa shape index (κ2) is 56.7. The molecule has 0 amide bonds. The fraction of sp³-hybridized carbons (Fsp3) is 0.667. The van der Waals surface area contributed by atoms with Crippen LogP contribution in [0.25, 0.3) is 0 Å². The lowest BCUT2D eigenvalue weighted by molar-refractivity contribution is -0.166. The van der Waals surface area contributed by atoms with Gasteiger partial charge in [0.1, 0.15) is 13.2 Å². The van der Waals surface area contributed by atoms with Gasteiger partial charge in [-0.25, -0.2) is 0 Å². The Kier molecular flexibility index (Phi) is 53.4. The lowest BCUT2D eigenvalue weighted by Crippen LogP contribution is -2.30. The lowest BCUT2D eigenvalue weighted by atomic mass is 10.1. The second-order valence-electron chi connectivity index (χ2n) is 18.5. The fourth-order valence-electron chi connectivity index (χ4n) is 7.43. The molecule has 392 valence electrons. The Morgan fingerprint density at radius 3 is 0.913 bits per heavy atom. The Hall–Kier alpha value is -3.93. The molecule has 69 heavy (non-hydrogen) atoms. The molecule has 0 radical (unpaired) electrons. The van der Waals surface area contributed by atoms with Gasteiger partial charge in [0.15, 0.2) is 6.10 Å². The minimum absolute atomic E-state index is 0.119. The summed E-state index contributed by atoms with van der Waals surface area (Å²) in [4.78, 5) is 38.1. The van der Waals surface area contributed by atoms with E-state index in [0.717, 1.165) is 89.9 Å². The molecule has 6 heteroatoms. The van der Waals surface area contributed by atoms with Crippen LogP contribution in [0.1, 0.15) is 252 Å². The van der Waals surface area contributed by atoms with E-state index in [1.165, 1.54) is 116 Å². The van der Waals surface area contributed by atoms with Gasteiger partial charge in [-0.15, -0.1) is 0 Å². The van der Waals surface area contributed by atoms with Crippen LogP contribution in [0.3, 0.4) is 0 Å². The lowest BCUT2D eigenvalue weighted by Gasteiger charge is -2.18. The third kappa shape index (κ3) is 54.9. The van der Waals surface area contributed by atoms with Gasteiger partial charge in [-0.1, -0.05) is 220 Å². The number of ether oxygens (including phenoxy) is 3. The quantitative estimate of drug-likeness (QED) is 0.0262.